The molecule has 5 nitrogen and oxygen atoms in total. The highest BCUT2D eigenvalue weighted by molar-refractivity contribution is 7.16. The number of aliphatic imine (C=N–C) groups is 1. The monoisotopic (exact) mass is 450 g/mol. The second-order valence-corrected chi connectivity index (χ2v) is 9.06. The Morgan fingerprint density at radius 1 is 1.16 bits per heavy atom. The van der Waals surface area contributed by atoms with Gasteiger partial charge in [0.2, 0.25) is 0 Å². The standard InChI is InChI=1S/C24H22N2O3S2/c1-5-18(25-4)23(29)21-11-10-20(31-21)19(27)12-26-15(3)17-13-30-24(22(17)28)16-8-6-14(2)7-9-16/h6-11,13,18,28H,5,12H2,1-3H3. The van der Waals surface area contributed by atoms with E-state index >= 15 is 0 Å². The van der Waals surface area contributed by atoms with E-state index in [2.05, 4.69) is 9.84 Å². The molecule has 1 atom stereocenters. The molecule has 0 aliphatic carbocycles. The minimum atomic E-state index is -0.703. The summed E-state index contributed by atoms with van der Waals surface area (Å²) in [7, 11) is 0. The summed E-state index contributed by atoms with van der Waals surface area (Å²) in [6.45, 7) is 12.6. The molecule has 2 heterocycles. The highest BCUT2D eigenvalue weighted by atomic mass is 32.1. The Morgan fingerprint density at radius 2 is 1.84 bits per heavy atom. The van der Waals surface area contributed by atoms with E-state index in [0.717, 1.165) is 27.3 Å². The number of aromatic hydroxyl groups is 1. The maximum atomic E-state index is 12.5. The van der Waals surface area contributed by atoms with Gasteiger partial charge < -0.3 is 9.95 Å². The van der Waals surface area contributed by atoms with Gasteiger partial charge in [0.15, 0.2) is 5.78 Å². The predicted molar refractivity (Wildman–Crippen MR) is 127 cm³/mol. The number of nitrogens with zero attached hydrogens (tertiary/aromatic N) is 2. The molecule has 158 valence electrons. The first-order chi connectivity index (χ1) is 14.8. The molecular weight excluding hydrogens is 428 g/mol. The van der Waals surface area contributed by atoms with Crippen LogP contribution >= 0.6 is 22.7 Å². The van der Waals surface area contributed by atoms with Gasteiger partial charge in [0.1, 0.15) is 12.3 Å². The SMILES string of the molecule is [C-]#[N+]C(CC)C(=O)c1ccc(C(=O)CN=C(C)c2csc(-c3ccc(C)cc3)c2O)s1. The van der Waals surface area contributed by atoms with Gasteiger partial charge in [-0.15, -0.1) is 22.7 Å². The molecule has 3 rings (SSSR count). The van der Waals surface area contributed by atoms with Crippen LogP contribution in [0.2, 0.25) is 0 Å². The number of thiophene rings is 2. The molecule has 0 fully saturated rings. The van der Waals surface area contributed by atoms with Crippen LogP contribution in [-0.2, 0) is 0 Å². The van der Waals surface area contributed by atoms with Crippen LogP contribution in [0, 0.1) is 13.5 Å². The third-order valence-corrected chi connectivity index (χ3v) is 7.06. The summed E-state index contributed by atoms with van der Waals surface area (Å²) in [6.07, 6.45) is 0.446. The van der Waals surface area contributed by atoms with Gasteiger partial charge in [-0.05, 0) is 31.5 Å². The van der Waals surface area contributed by atoms with Crippen LogP contribution in [0.4, 0.5) is 0 Å². The summed E-state index contributed by atoms with van der Waals surface area (Å²) >= 11 is 2.53. The van der Waals surface area contributed by atoms with E-state index in [0.29, 0.717) is 27.5 Å². The fourth-order valence-corrected chi connectivity index (χ4v) is 4.93. The van der Waals surface area contributed by atoms with Gasteiger partial charge in [0.05, 0.1) is 14.6 Å². The van der Waals surface area contributed by atoms with Crippen LogP contribution in [0.25, 0.3) is 15.3 Å². The van der Waals surface area contributed by atoms with E-state index < -0.39 is 6.04 Å². The predicted octanol–water partition coefficient (Wildman–Crippen LogP) is 6.06. The van der Waals surface area contributed by atoms with Crippen molar-refractivity contribution in [3.63, 3.8) is 0 Å². The molecule has 1 aromatic carbocycles. The van der Waals surface area contributed by atoms with Crippen molar-refractivity contribution in [2.75, 3.05) is 6.54 Å². The summed E-state index contributed by atoms with van der Waals surface area (Å²) in [5, 5.41) is 12.5. The Labute approximate surface area is 189 Å². The molecule has 7 heteroatoms. The number of hydrogen-bond acceptors (Lipinski definition) is 6. The molecule has 0 saturated carbocycles. The highest BCUT2D eigenvalue weighted by Gasteiger charge is 2.25. The second-order valence-electron chi connectivity index (χ2n) is 7.10. The van der Waals surface area contributed by atoms with Gasteiger partial charge in [-0.25, -0.2) is 6.57 Å². The van der Waals surface area contributed by atoms with Gasteiger partial charge in [0, 0.05) is 23.1 Å². The minimum absolute atomic E-state index is 0.0743. The fraction of sp³-hybridized carbons (Fsp3) is 0.250. The molecule has 2 aromatic heterocycles. The molecule has 3 aromatic rings. The first kappa shape index (κ1) is 22.6. The highest BCUT2D eigenvalue weighted by Crippen LogP contribution is 2.38. The van der Waals surface area contributed by atoms with Gasteiger partial charge in [0.25, 0.3) is 11.8 Å². The number of carbonyl (C=O) groups excluding carboxylic acids is 2. The van der Waals surface area contributed by atoms with Gasteiger partial charge in [-0.3, -0.25) is 14.6 Å². The molecule has 0 aliphatic rings. The Hall–Kier alpha value is -3.08. The summed E-state index contributed by atoms with van der Waals surface area (Å²) in [4.78, 5) is 34.2. The van der Waals surface area contributed by atoms with Crippen molar-refractivity contribution >= 4 is 40.0 Å². The normalized spacial score (nSPS) is 12.4. The second kappa shape index (κ2) is 9.82. The van der Waals surface area contributed by atoms with E-state index in [-0.39, 0.29) is 23.9 Å². The lowest BCUT2D eigenvalue weighted by atomic mass is 10.1. The number of rotatable bonds is 8. The Balaban J connectivity index is 1.73. The van der Waals surface area contributed by atoms with Crippen LogP contribution < -0.4 is 0 Å². The third-order valence-electron chi connectivity index (χ3n) is 4.90. The Bertz CT molecular complexity index is 1180. The van der Waals surface area contributed by atoms with Crippen molar-refractivity contribution in [1.82, 2.24) is 0 Å². The fourth-order valence-electron chi connectivity index (χ4n) is 2.99. The van der Waals surface area contributed by atoms with E-state index in [1.807, 2.05) is 36.6 Å². The molecule has 0 saturated heterocycles. The lowest BCUT2D eigenvalue weighted by molar-refractivity contribution is 0.0976. The van der Waals surface area contributed by atoms with Crippen LogP contribution in [-0.4, -0.2) is 35.0 Å². The Morgan fingerprint density at radius 3 is 2.48 bits per heavy atom. The number of Topliss-reactive ketones (excluding diaryl/α,β-unsaturated/α-hetero) is 2. The number of benzene rings is 1. The van der Waals surface area contributed by atoms with Crippen LogP contribution in [0.5, 0.6) is 5.75 Å². The summed E-state index contributed by atoms with van der Waals surface area (Å²) in [5.74, 6) is -0.280. The van der Waals surface area contributed by atoms with Crippen LogP contribution in [0.15, 0.2) is 46.8 Å². The van der Waals surface area contributed by atoms with Gasteiger partial charge in [-0.1, -0.05) is 36.8 Å². The van der Waals surface area contributed by atoms with Gasteiger partial charge >= 0.3 is 0 Å². The van der Waals surface area contributed by atoms with Crippen LogP contribution in [0.3, 0.4) is 0 Å². The topological polar surface area (TPSA) is 71.1 Å². The van der Waals surface area contributed by atoms with E-state index in [1.54, 1.807) is 26.0 Å². The van der Waals surface area contributed by atoms with E-state index in [1.165, 1.54) is 11.3 Å². The summed E-state index contributed by atoms with van der Waals surface area (Å²) in [6, 6.07) is 10.4. The number of ketones is 2. The number of aryl methyl sites for hydroxylation is 1. The summed E-state index contributed by atoms with van der Waals surface area (Å²) in [5.41, 5.74) is 3.27. The minimum Gasteiger partial charge on any atom is -0.506 e. The van der Waals surface area contributed by atoms with Crippen molar-refractivity contribution in [1.29, 1.82) is 0 Å². The molecule has 0 bridgehead atoms. The molecule has 31 heavy (non-hydrogen) atoms. The smallest absolute Gasteiger partial charge is 0.286 e. The first-order valence-electron chi connectivity index (χ1n) is 9.78. The Kier molecular flexibility index (Phi) is 7.16. The van der Waals surface area contributed by atoms with Crippen molar-refractivity contribution < 1.29 is 14.7 Å². The molecule has 1 unspecified atom stereocenters. The lowest BCUT2D eigenvalue weighted by Gasteiger charge is -2.02. The first-order valence-corrected chi connectivity index (χ1v) is 11.5. The van der Waals surface area contributed by atoms with Crippen molar-refractivity contribution in [2.45, 2.75) is 33.2 Å². The maximum absolute atomic E-state index is 12.5. The molecule has 0 amide bonds. The van der Waals surface area contributed by atoms with Crippen LogP contribution in [0.1, 0.15) is 50.7 Å². The molecule has 0 radical (unpaired) electrons. The van der Waals surface area contributed by atoms with E-state index in [4.69, 9.17) is 6.57 Å². The lowest BCUT2D eigenvalue weighted by Crippen LogP contribution is -2.14. The van der Waals surface area contributed by atoms with Crippen molar-refractivity contribution in [3.8, 4) is 16.2 Å². The molecule has 0 aliphatic heterocycles. The number of hydrogen-bond donors (Lipinski definition) is 1. The average molecular weight is 451 g/mol. The number of carbonyl (C=O) groups is 2. The molecule has 0 spiro atoms. The maximum Gasteiger partial charge on any atom is 0.286 e. The zero-order valence-corrected chi connectivity index (χ0v) is 19.1. The average Bonchev–Trinajstić information content (AvgIpc) is 3.40. The third kappa shape index (κ3) is 4.98. The molecule has 1 N–H and O–H groups in total. The van der Waals surface area contributed by atoms with Gasteiger partial charge in [-0.2, -0.15) is 0 Å². The van der Waals surface area contributed by atoms with E-state index in [9.17, 15) is 14.7 Å². The largest absolute Gasteiger partial charge is 0.506 e. The quantitative estimate of drug-likeness (QED) is 0.257. The zero-order chi connectivity index (χ0) is 22.5. The summed E-state index contributed by atoms with van der Waals surface area (Å²) < 4.78 is 0. The van der Waals surface area contributed by atoms with Crippen molar-refractivity contribution in [3.05, 3.63) is 74.1 Å². The molecular formula is C24H22N2O3S2. The zero-order valence-electron chi connectivity index (χ0n) is 17.5. The van der Waals surface area contributed by atoms with Crippen molar-refractivity contribution in [2.24, 2.45) is 4.99 Å².